The molecule has 1 aromatic heterocycles. The summed E-state index contributed by atoms with van der Waals surface area (Å²) in [6.45, 7) is 6.02. The van der Waals surface area contributed by atoms with Crippen LogP contribution < -0.4 is 5.32 Å². The van der Waals surface area contributed by atoms with E-state index in [1.165, 1.54) is 22.2 Å². The Morgan fingerprint density at radius 1 is 1.12 bits per heavy atom. The molecule has 3 aromatic rings. The zero-order valence-corrected chi connectivity index (χ0v) is 14.8. The number of aromatic nitrogens is 1. The summed E-state index contributed by atoms with van der Waals surface area (Å²) in [5, 5.41) is 14.8. The third kappa shape index (κ3) is 3.48. The lowest BCUT2D eigenvalue weighted by Crippen LogP contribution is -2.24. The number of halogens is 1. The van der Waals surface area contributed by atoms with Crippen molar-refractivity contribution in [1.29, 1.82) is 0 Å². The third-order valence-corrected chi connectivity index (χ3v) is 4.76. The van der Waals surface area contributed by atoms with E-state index < -0.39 is 0 Å². The van der Waals surface area contributed by atoms with Gasteiger partial charge in [-0.15, -0.1) is 0 Å². The number of hydrogen-bond acceptors (Lipinski definition) is 2. The van der Waals surface area contributed by atoms with Gasteiger partial charge in [-0.05, 0) is 37.1 Å². The minimum atomic E-state index is -0.346. The normalized spacial score (nSPS) is 12.7. The maximum absolute atomic E-state index is 9.46. The Hall–Kier alpha value is -1.81. The number of rotatable bonds is 6. The second-order valence-electron chi connectivity index (χ2n) is 6.24. The van der Waals surface area contributed by atoms with Crippen molar-refractivity contribution < 1.29 is 5.11 Å². The van der Waals surface area contributed by atoms with E-state index in [9.17, 15) is 5.11 Å². The summed E-state index contributed by atoms with van der Waals surface area (Å²) in [6, 6.07) is 16.4. The molecule has 1 heterocycles. The van der Waals surface area contributed by atoms with Gasteiger partial charge in [-0.25, -0.2) is 0 Å². The average molecular weight is 343 g/mol. The molecule has 0 unspecified atom stereocenters. The number of benzene rings is 2. The highest BCUT2D eigenvalue weighted by molar-refractivity contribution is 6.31. The highest BCUT2D eigenvalue weighted by Crippen LogP contribution is 2.28. The second-order valence-corrected chi connectivity index (χ2v) is 6.65. The fourth-order valence-electron chi connectivity index (χ4n) is 3.13. The van der Waals surface area contributed by atoms with Crippen LogP contribution in [0.2, 0.25) is 5.02 Å². The van der Waals surface area contributed by atoms with E-state index in [-0.39, 0.29) is 6.10 Å². The summed E-state index contributed by atoms with van der Waals surface area (Å²) in [7, 11) is 0. The van der Waals surface area contributed by atoms with Crippen LogP contribution in [-0.4, -0.2) is 22.3 Å². The molecule has 0 aliphatic heterocycles. The van der Waals surface area contributed by atoms with Crippen molar-refractivity contribution in [2.75, 3.05) is 6.54 Å². The molecular formula is C20H23ClN2O. The molecule has 2 aromatic carbocycles. The number of fused-ring (bicyclic) bond motifs is 1. The Bertz CT molecular complexity index is 839. The summed E-state index contributed by atoms with van der Waals surface area (Å²) in [5.74, 6) is 0. The van der Waals surface area contributed by atoms with E-state index in [0.29, 0.717) is 6.54 Å². The zero-order chi connectivity index (χ0) is 17.1. The quantitative estimate of drug-likeness (QED) is 0.707. The molecule has 0 saturated heterocycles. The van der Waals surface area contributed by atoms with E-state index >= 15 is 0 Å². The number of para-hydroxylation sites is 1. The van der Waals surface area contributed by atoms with Gasteiger partial charge in [-0.3, -0.25) is 0 Å². The highest BCUT2D eigenvalue weighted by atomic mass is 35.5. The zero-order valence-electron chi connectivity index (χ0n) is 14.1. The van der Waals surface area contributed by atoms with Gasteiger partial charge >= 0.3 is 0 Å². The molecule has 4 heteroatoms. The van der Waals surface area contributed by atoms with Crippen molar-refractivity contribution in [1.82, 2.24) is 9.88 Å². The highest BCUT2D eigenvalue weighted by Gasteiger charge is 2.14. The smallest absolute Gasteiger partial charge is 0.0636 e. The monoisotopic (exact) mass is 342 g/mol. The fraction of sp³-hybridized carbons (Fsp3) is 0.300. The van der Waals surface area contributed by atoms with Gasteiger partial charge in [0.05, 0.1) is 6.10 Å². The first-order chi connectivity index (χ1) is 11.6. The lowest BCUT2D eigenvalue weighted by Gasteiger charge is -2.11. The number of aliphatic hydroxyl groups is 1. The van der Waals surface area contributed by atoms with E-state index in [2.05, 4.69) is 47.1 Å². The molecule has 0 fully saturated rings. The van der Waals surface area contributed by atoms with Gasteiger partial charge in [0.1, 0.15) is 0 Å². The standard InChI is InChI=1S/C20H23ClN2O/c1-14(24)11-22-12-18-15(2)23(20-10-6-4-8-17(18)20)13-16-7-3-5-9-19(16)21/h3-10,14,22,24H,11-13H2,1-2H3/t14-/m1/s1. The van der Waals surface area contributed by atoms with Crippen molar-refractivity contribution in [3.05, 3.63) is 70.4 Å². The van der Waals surface area contributed by atoms with Crippen molar-refractivity contribution in [2.24, 2.45) is 0 Å². The first kappa shape index (κ1) is 17.0. The Balaban J connectivity index is 1.99. The first-order valence-electron chi connectivity index (χ1n) is 8.27. The maximum atomic E-state index is 9.46. The minimum Gasteiger partial charge on any atom is -0.392 e. The van der Waals surface area contributed by atoms with Crippen LogP contribution in [0.25, 0.3) is 10.9 Å². The molecule has 126 valence electrons. The molecule has 3 nitrogen and oxygen atoms in total. The van der Waals surface area contributed by atoms with Crippen molar-refractivity contribution in [2.45, 2.75) is 33.0 Å². The van der Waals surface area contributed by atoms with Crippen molar-refractivity contribution in [3.8, 4) is 0 Å². The number of hydrogen-bond donors (Lipinski definition) is 2. The molecule has 0 radical (unpaired) electrons. The van der Waals surface area contributed by atoms with E-state index in [4.69, 9.17) is 11.6 Å². The average Bonchev–Trinajstić information content (AvgIpc) is 2.82. The van der Waals surface area contributed by atoms with Crippen LogP contribution in [0.1, 0.15) is 23.7 Å². The van der Waals surface area contributed by atoms with Crippen LogP contribution in [0, 0.1) is 6.92 Å². The lowest BCUT2D eigenvalue weighted by molar-refractivity contribution is 0.191. The predicted molar refractivity (Wildman–Crippen MR) is 101 cm³/mol. The van der Waals surface area contributed by atoms with Gasteiger partial charge < -0.3 is 15.0 Å². The SMILES string of the molecule is Cc1c(CNC[C@@H](C)O)c2ccccc2n1Cc1ccccc1Cl. The summed E-state index contributed by atoms with van der Waals surface area (Å²) >= 11 is 6.35. The Morgan fingerprint density at radius 3 is 2.58 bits per heavy atom. The number of nitrogens with one attached hydrogen (secondary N) is 1. The molecule has 24 heavy (non-hydrogen) atoms. The van der Waals surface area contributed by atoms with Gasteiger partial charge in [0.15, 0.2) is 0 Å². The molecule has 3 rings (SSSR count). The fourth-order valence-corrected chi connectivity index (χ4v) is 3.33. The molecule has 0 bridgehead atoms. The third-order valence-electron chi connectivity index (χ3n) is 4.39. The van der Waals surface area contributed by atoms with E-state index in [1.54, 1.807) is 6.92 Å². The molecule has 2 N–H and O–H groups in total. The lowest BCUT2D eigenvalue weighted by atomic mass is 10.1. The van der Waals surface area contributed by atoms with Gasteiger partial charge in [0, 0.05) is 41.3 Å². The summed E-state index contributed by atoms with van der Waals surface area (Å²) in [5.41, 5.74) is 4.84. The molecule has 0 amide bonds. The molecule has 0 aliphatic carbocycles. The van der Waals surface area contributed by atoms with Crippen LogP contribution in [0.3, 0.4) is 0 Å². The van der Waals surface area contributed by atoms with Gasteiger partial charge in [-0.1, -0.05) is 48.0 Å². The largest absolute Gasteiger partial charge is 0.392 e. The Morgan fingerprint density at radius 2 is 1.83 bits per heavy atom. The van der Waals surface area contributed by atoms with Crippen LogP contribution in [-0.2, 0) is 13.1 Å². The maximum Gasteiger partial charge on any atom is 0.0636 e. The van der Waals surface area contributed by atoms with E-state index in [0.717, 1.165) is 23.7 Å². The Kier molecular flexibility index (Phi) is 5.24. The van der Waals surface area contributed by atoms with Crippen LogP contribution in [0.4, 0.5) is 0 Å². The summed E-state index contributed by atoms with van der Waals surface area (Å²) in [4.78, 5) is 0. The summed E-state index contributed by atoms with van der Waals surface area (Å²) in [6.07, 6.45) is -0.346. The van der Waals surface area contributed by atoms with Crippen molar-refractivity contribution in [3.63, 3.8) is 0 Å². The summed E-state index contributed by atoms with van der Waals surface area (Å²) < 4.78 is 2.32. The Labute approximate surface area is 147 Å². The van der Waals surface area contributed by atoms with Crippen LogP contribution >= 0.6 is 11.6 Å². The molecule has 1 atom stereocenters. The van der Waals surface area contributed by atoms with Crippen LogP contribution in [0.15, 0.2) is 48.5 Å². The number of aliphatic hydroxyl groups excluding tert-OH is 1. The minimum absolute atomic E-state index is 0.346. The predicted octanol–water partition coefficient (Wildman–Crippen LogP) is 4.12. The topological polar surface area (TPSA) is 37.2 Å². The number of nitrogens with zero attached hydrogens (tertiary/aromatic N) is 1. The van der Waals surface area contributed by atoms with Gasteiger partial charge in [-0.2, -0.15) is 0 Å². The molecule has 0 saturated carbocycles. The van der Waals surface area contributed by atoms with Gasteiger partial charge in [0.25, 0.3) is 0 Å². The molecular weight excluding hydrogens is 320 g/mol. The molecule has 0 spiro atoms. The van der Waals surface area contributed by atoms with Crippen LogP contribution in [0.5, 0.6) is 0 Å². The van der Waals surface area contributed by atoms with E-state index in [1.807, 2.05) is 18.2 Å². The molecule has 0 aliphatic rings. The second kappa shape index (κ2) is 7.39. The van der Waals surface area contributed by atoms with Crippen molar-refractivity contribution >= 4 is 22.5 Å². The van der Waals surface area contributed by atoms with Gasteiger partial charge in [0.2, 0.25) is 0 Å². The first-order valence-corrected chi connectivity index (χ1v) is 8.64.